The standard InChI is InChI=1S/C17H18N4O2/c1-11(22)19-14-3-2-4-15(8-14)20-16-7-12(9-18-10-16)17(23)21-13-5-6-13/h2-4,7-10,13,20H,5-6H2,1H3,(H,19,22)(H,21,23). The molecule has 2 aromatic rings. The molecule has 0 saturated heterocycles. The van der Waals surface area contributed by atoms with E-state index in [0.717, 1.165) is 18.5 Å². The number of aromatic nitrogens is 1. The maximum Gasteiger partial charge on any atom is 0.253 e. The smallest absolute Gasteiger partial charge is 0.253 e. The van der Waals surface area contributed by atoms with E-state index in [2.05, 4.69) is 20.9 Å². The molecule has 1 aromatic heterocycles. The van der Waals surface area contributed by atoms with Crippen molar-refractivity contribution in [1.82, 2.24) is 10.3 Å². The van der Waals surface area contributed by atoms with E-state index in [1.165, 1.54) is 6.92 Å². The number of carbonyl (C=O) groups excluding carboxylic acids is 2. The number of pyridine rings is 1. The minimum absolute atomic E-state index is 0.101. The van der Waals surface area contributed by atoms with Gasteiger partial charge in [0.05, 0.1) is 17.4 Å². The van der Waals surface area contributed by atoms with Gasteiger partial charge in [-0.2, -0.15) is 0 Å². The fourth-order valence-electron chi connectivity index (χ4n) is 2.17. The maximum absolute atomic E-state index is 12.0. The first-order chi connectivity index (χ1) is 11.1. The van der Waals surface area contributed by atoms with Crippen molar-refractivity contribution in [3.63, 3.8) is 0 Å². The predicted octanol–water partition coefficient (Wildman–Crippen LogP) is 2.68. The van der Waals surface area contributed by atoms with Crippen LogP contribution in [0.3, 0.4) is 0 Å². The minimum atomic E-state index is -0.123. The van der Waals surface area contributed by atoms with Crippen molar-refractivity contribution in [2.45, 2.75) is 25.8 Å². The van der Waals surface area contributed by atoms with Gasteiger partial charge in [-0.3, -0.25) is 14.6 Å². The SMILES string of the molecule is CC(=O)Nc1cccc(Nc2cncc(C(=O)NC3CC3)c2)c1. The van der Waals surface area contributed by atoms with Crippen molar-refractivity contribution in [3.8, 4) is 0 Å². The van der Waals surface area contributed by atoms with E-state index in [1.54, 1.807) is 18.5 Å². The molecule has 3 rings (SSSR count). The first kappa shape index (κ1) is 15.0. The molecule has 0 spiro atoms. The third-order valence-electron chi connectivity index (χ3n) is 3.38. The summed E-state index contributed by atoms with van der Waals surface area (Å²) in [6.45, 7) is 1.46. The number of amides is 2. The van der Waals surface area contributed by atoms with Crippen molar-refractivity contribution < 1.29 is 9.59 Å². The Bertz CT molecular complexity index is 741. The van der Waals surface area contributed by atoms with Gasteiger partial charge in [0.15, 0.2) is 0 Å². The summed E-state index contributed by atoms with van der Waals surface area (Å²) < 4.78 is 0. The second-order valence-corrected chi connectivity index (χ2v) is 5.60. The fourth-order valence-corrected chi connectivity index (χ4v) is 2.17. The van der Waals surface area contributed by atoms with E-state index in [4.69, 9.17) is 0 Å². The normalized spacial score (nSPS) is 13.3. The van der Waals surface area contributed by atoms with E-state index < -0.39 is 0 Å². The number of rotatable bonds is 5. The number of nitrogens with one attached hydrogen (secondary N) is 3. The van der Waals surface area contributed by atoms with E-state index in [1.807, 2.05) is 24.3 Å². The van der Waals surface area contributed by atoms with Crippen LogP contribution in [0.4, 0.5) is 17.1 Å². The molecule has 23 heavy (non-hydrogen) atoms. The van der Waals surface area contributed by atoms with Crippen LogP contribution in [0.1, 0.15) is 30.1 Å². The van der Waals surface area contributed by atoms with E-state index in [9.17, 15) is 9.59 Å². The van der Waals surface area contributed by atoms with Crippen molar-refractivity contribution in [2.24, 2.45) is 0 Å². The number of carbonyl (C=O) groups is 2. The van der Waals surface area contributed by atoms with Gasteiger partial charge in [0.2, 0.25) is 5.91 Å². The lowest BCUT2D eigenvalue weighted by atomic mass is 10.2. The van der Waals surface area contributed by atoms with Crippen LogP contribution < -0.4 is 16.0 Å². The summed E-state index contributed by atoms with van der Waals surface area (Å²) in [5.41, 5.74) is 2.75. The zero-order valence-electron chi connectivity index (χ0n) is 12.8. The second-order valence-electron chi connectivity index (χ2n) is 5.60. The summed E-state index contributed by atoms with van der Waals surface area (Å²) in [5, 5.41) is 8.86. The Kier molecular flexibility index (Phi) is 4.23. The first-order valence-corrected chi connectivity index (χ1v) is 7.51. The second kappa shape index (κ2) is 6.48. The summed E-state index contributed by atoms with van der Waals surface area (Å²) in [6, 6.07) is 9.42. The summed E-state index contributed by atoms with van der Waals surface area (Å²) in [7, 11) is 0. The van der Waals surface area contributed by atoms with Gasteiger partial charge in [0.1, 0.15) is 0 Å². The van der Waals surface area contributed by atoms with Crippen molar-refractivity contribution >= 4 is 28.9 Å². The van der Waals surface area contributed by atoms with Gasteiger partial charge >= 0.3 is 0 Å². The van der Waals surface area contributed by atoms with Crippen molar-refractivity contribution in [1.29, 1.82) is 0 Å². The molecule has 0 bridgehead atoms. The Morgan fingerprint density at radius 1 is 1.09 bits per heavy atom. The summed E-state index contributed by atoms with van der Waals surface area (Å²) in [4.78, 5) is 27.3. The molecule has 0 atom stereocenters. The highest BCUT2D eigenvalue weighted by molar-refractivity contribution is 5.95. The van der Waals surface area contributed by atoms with Crippen LogP contribution in [0.15, 0.2) is 42.7 Å². The van der Waals surface area contributed by atoms with Crippen LogP contribution in [-0.2, 0) is 4.79 Å². The summed E-state index contributed by atoms with van der Waals surface area (Å²) >= 11 is 0. The molecule has 1 aromatic carbocycles. The van der Waals surface area contributed by atoms with Crippen LogP contribution in [0.2, 0.25) is 0 Å². The average Bonchev–Trinajstić information content (AvgIpc) is 3.31. The number of hydrogen-bond acceptors (Lipinski definition) is 4. The Morgan fingerprint density at radius 2 is 1.87 bits per heavy atom. The highest BCUT2D eigenvalue weighted by Gasteiger charge is 2.23. The Labute approximate surface area is 134 Å². The molecule has 118 valence electrons. The number of nitrogens with zero attached hydrogens (tertiary/aromatic N) is 1. The Balaban J connectivity index is 1.72. The lowest BCUT2D eigenvalue weighted by Gasteiger charge is -2.10. The lowest BCUT2D eigenvalue weighted by molar-refractivity contribution is -0.114. The molecule has 1 aliphatic carbocycles. The molecule has 0 unspecified atom stereocenters. The highest BCUT2D eigenvalue weighted by atomic mass is 16.2. The molecule has 2 amide bonds. The van der Waals surface area contributed by atoms with Crippen LogP contribution >= 0.6 is 0 Å². The van der Waals surface area contributed by atoms with Crippen LogP contribution in [0.25, 0.3) is 0 Å². The molecule has 0 aliphatic heterocycles. The van der Waals surface area contributed by atoms with Gasteiger partial charge in [0, 0.05) is 30.5 Å². The van der Waals surface area contributed by atoms with Gasteiger partial charge in [-0.15, -0.1) is 0 Å². The third-order valence-corrected chi connectivity index (χ3v) is 3.38. The zero-order chi connectivity index (χ0) is 16.2. The van der Waals surface area contributed by atoms with Crippen LogP contribution in [0.5, 0.6) is 0 Å². The van der Waals surface area contributed by atoms with Gasteiger partial charge in [0.25, 0.3) is 5.91 Å². The van der Waals surface area contributed by atoms with Gasteiger partial charge in [-0.05, 0) is 37.1 Å². The van der Waals surface area contributed by atoms with E-state index in [-0.39, 0.29) is 11.8 Å². The highest BCUT2D eigenvalue weighted by Crippen LogP contribution is 2.22. The number of anilines is 3. The summed E-state index contributed by atoms with van der Waals surface area (Å²) in [6.07, 6.45) is 5.30. The average molecular weight is 310 g/mol. The van der Waals surface area contributed by atoms with Gasteiger partial charge in [-0.25, -0.2) is 0 Å². The predicted molar refractivity (Wildman–Crippen MR) is 88.8 cm³/mol. The molecule has 3 N–H and O–H groups in total. The summed E-state index contributed by atoms with van der Waals surface area (Å²) in [5.74, 6) is -0.224. The molecular formula is C17H18N4O2. The number of benzene rings is 1. The molecule has 6 nitrogen and oxygen atoms in total. The molecular weight excluding hydrogens is 292 g/mol. The molecule has 1 saturated carbocycles. The van der Waals surface area contributed by atoms with Crippen molar-refractivity contribution in [2.75, 3.05) is 10.6 Å². The fraction of sp³-hybridized carbons (Fsp3) is 0.235. The molecule has 6 heteroatoms. The quantitative estimate of drug-likeness (QED) is 0.793. The molecule has 1 aliphatic rings. The molecule has 0 radical (unpaired) electrons. The maximum atomic E-state index is 12.0. The largest absolute Gasteiger partial charge is 0.354 e. The topological polar surface area (TPSA) is 83.1 Å². The van der Waals surface area contributed by atoms with Crippen LogP contribution in [0, 0.1) is 0 Å². The van der Waals surface area contributed by atoms with E-state index >= 15 is 0 Å². The zero-order valence-corrected chi connectivity index (χ0v) is 12.8. The Morgan fingerprint density at radius 3 is 2.61 bits per heavy atom. The minimum Gasteiger partial charge on any atom is -0.354 e. The molecule has 1 heterocycles. The first-order valence-electron chi connectivity index (χ1n) is 7.51. The third kappa shape index (κ3) is 4.29. The monoisotopic (exact) mass is 310 g/mol. The van der Waals surface area contributed by atoms with Crippen LogP contribution in [-0.4, -0.2) is 22.8 Å². The Hall–Kier alpha value is -2.89. The number of hydrogen-bond donors (Lipinski definition) is 3. The van der Waals surface area contributed by atoms with E-state index in [0.29, 0.717) is 23.0 Å². The lowest BCUT2D eigenvalue weighted by Crippen LogP contribution is -2.25. The van der Waals surface area contributed by atoms with Gasteiger partial charge < -0.3 is 16.0 Å². The molecule has 1 fully saturated rings. The van der Waals surface area contributed by atoms with Crippen molar-refractivity contribution in [3.05, 3.63) is 48.3 Å². The van der Waals surface area contributed by atoms with Gasteiger partial charge in [-0.1, -0.05) is 6.07 Å².